The Kier molecular flexibility index (Phi) is 6.05. The average molecular weight is 338 g/mol. The summed E-state index contributed by atoms with van der Waals surface area (Å²) in [6.45, 7) is 0. The predicted octanol–water partition coefficient (Wildman–Crippen LogP) is 2.21. The van der Waals surface area contributed by atoms with Crippen LogP contribution in [0.4, 0.5) is 17.1 Å². The van der Waals surface area contributed by atoms with Crippen LogP contribution in [0.1, 0.15) is 0 Å². The summed E-state index contributed by atoms with van der Waals surface area (Å²) in [6, 6.07) is 6.43. The minimum atomic E-state index is -1.21. The van der Waals surface area contributed by atoms with Gasteiger partial charge in [-0.3, -0.25) is 30.3 Å². The molecule has 12 heteroatoms. The van der Waals surface area contributed by atoms with Gasteiger partial charge in [0.15, 0.2) is 0 Å². The van der Waals surface area contributed by atoms with Crippen LogP contribution in [0.2, 0.25) is 0 Å². The van der Waals surface area contributed by atoms with E-state index in [0.717, 1.165) is 0 Å². The van der Waals surface area contributed by atoms with Crippen molar-refractivity contribution in [3.05, 3.63) is 66.9 Å². The maximum Gasteiger partial charge on any atom is 0.324 e. The predicted molar refractivity (Wildman–Crippen MR) is 78.9 cm³/mol. The van der Waals surface area contributed by atoms with Crippen molar-refractivity contribution < 1.29 is 24.6 Å². The van der Waals surface area contributed by atoms with Gasteiger partial charge in [0.2, 0.25) is 5.88 Å². The van der Waals surface area contributed by atoms with E-state index in [-0.39, 0.29) is 0 Å². The first-order valence-corrected chi connectivity index (χ1v) is 6.03. The number of phenolic OH excluding ortho intramolecular Hbond substituents is 1. The summed E-state index contributed by atoms with van der Waals surface area (Å²) in [5.41, 5.74) is -3.00. The molecule has 0 saturated carbocycles. The molecule has 0 fully saturated rings. The number of aromatic hydroxyl groups is 1. The van der Waals surface area contributed by atoms with Gasteiger partial charge in [0.05, 0.1) is 34.0 Å². The number of methoxy groups -OCH3 is 1. The number of aromatic nitrogens is 1. The van der Waals surface area contributed by atoms with Crippen LogP contribution < -0.4 is 4.74 Å². The van der Waals surface area contributed by atoms with Crippen LogP contribution in [-0.4, -0.2) is 32.0 Å². The van der Waals surface area contributed by atoms with Crippen molar-refractivity contribution in [2.75, 3.05) is 7.11 Å². The number of hydrogen-bond acceptors (Lipinski definition) is 9. The summed E-state index contributed by atoms with van der Waals surface area (Å²) >= 11 is 0. The van der Waals surface area contributed by atoms with Crippen LogP contribution >= 0.6 is 0 Å². The van der Waals surface area contributed by atoms with Crippen molar-refractivity contribution in [3.8, 4) is 11.6 Å². The summed E-state index contributed by atoms with van der Waals surface area (Å²) in [5, 5.41) is 40.2. The molecule has 1 N–H and O–H groups in total. The summed E-state index contributed by atoms with van der Waals surface area (Å²) in [4.78, 5) is 31.6. The number of nitro groups is 3. The van der Waals surface area contributed by atoms with Crippen molar-refractivity contribution in [1.29, 1.82) is 0 Å². The number of nitro benzene ring substituents is 3. The third-order valence-electron chi connectivity index (χ3n) is 2.51. The number of nitrogens with zero attached hydrogens (tertiary/aromatic N) is 4. The highest BCUT2D eigenvalue weighted by Crippen LogP contribution is 2.38. The molecule has 0 amide bonds. The number of ether oxygens (including phenoxy) is 1. The van der Waals surface area contributed by atoms with E-state index >= 15 is 0 Å². The zero-order chi connectivity index (χ0) is 18.3. The molecule has 0 spiro atoms. The van der Waals surface area contributed by atoms with Gasteiger partial charge in [-0.05, 0) is 6.07 Å². The molecule has 0 aliphatic heterocycles. The Hall–Kier alpha value is -3.83. The molecule has 0 aliphatic rings. The fourth-order valence-electron chi connectivity index (χ4n) is 1.44. The second-order valence-electron chi connectivity index (χ2n) is 3.98. The number of rotatable bonds is 4. The molecule has 126 valence electrons. The lowest BCUT2D eigenvalue weighted by Crippen LogP contribution is -1.97. The Morgan fingerprint density at radius 2 is 1.54 bits per heavy atom. The third kappa shape index (κ3) is 4.59. The average Bonchev–Trinajstić information content (AvgIpc) is 2.55. The third-order valence-corrected chi connectivity index (χ3v) is 2.51. The first-order chi connectivity index (χ1) is 11.3. The van der Waals surface area contributed by atoms with Crippen molar-refractivity contribution >= 4 is 17.1 Å². The van der Waals surface area contributed by atoms with Gasteiger partial charge in [-0.15, -0.1) is 0 Å². The Balaban J connectivity index is 0.000000300. The first kappa shape index (κ1) is 18.2. The van der Waals surface area contributed by atoms with E-state index in [1.807, 2.05) is 12.1 Å². The molecule has 1 heterocycles. The van der Waals surface area contributed by atoms with E-state index in [1.54, 1.807) is 19.4 Å². The van der Waals surface area contributed by atoms with Crippen LogP contribution in [-0.2, 0) is 0 Å². The van der Waals surface area contributed by atoms with E-state index in [2.05, 4.69) is 4.98 Å². The minimum absolute atomic E-state index is 0.447. The lowest BCUT2D eigenvalue weighted by atomic mass is 10.2. The van der Waals surface area contributed by atoms with Gasteiger partial charge in [-0.1, -0.05) is 6.07 Å². The zero-order valence-corrected chi connectivity index (χ0v) is 12.1. The molecule has 0 saturated heterocycles. The summed E-state index contributed by atoms with van der Waals surface area (Å²) in [5.74, 6) is -0.548. The Morgan fingerprint density at radius 3 is 1.83 bits per heavy atom. The second-order valence-corrected chi connectivity index (χ2v) is 3.98. The molecule has 0 aliphatic carbocycles. The zero-order valence-electron chi connectivity index (χ0n) is 12.1. The normalized spacial score (nSPS) is 9.38. The Bertz CT molecular complexity index is 730. The fourth-order valence-corrected chi connectivity index (χ4v) is 1.44. The largest absolute Gasteiger partial charge is 0.497 e. The molecule has 12 nitrogen and oxygen atoms in total. The van der Waals surface area contributed by atoms with Gasteiger partial charge >= 0.3 is 11.4 Å². The molecular formula is C12H10N4O8. The standard InChI is InChI=1S/C6H3N3O7.C6H7NO/c10-6-4(8(13)14)1-3(7(11)12)2-5(6)9(15)16;1-8-6-4-2-3-5-7-6/h1-2,10H;2-5H,1H3. The maximum absolute atomic E-state index is 10.4. The summed E-state index contributed by atoms with van der Waals surface area (Å²) in [6.07, 6.45) is 1.69. The molecule has 2 aromatic rings. The van der Waals surface area contributed by atoms with Gasteiger partial charge in [-0.2, -0.15) is 0 Å². The van der Waals surface area contributed by atoms with Crippen LogP contribution in [0.3, 0.4) is 0 Å². The van der Waals surface area contributed by atoms with Crippen molar-refractivity contribution in [1.82, 2.24) is 4.98 Å². The van der Waals surface area contributed by atoms with Gasteiger partial charge < -0.3 is 9.84 Å². The van der Waals surface area contributed by atoms with Gasteiger partial charge in [0.25, 0.3) is 11.4 Å². The van der Waals surface area contributed by atoms with Gasteiger partial charge in [0, 0.05) is 12.3 Å². The Labute approximate surface area is 133 Å². The van der Waals surface area contributed by atoms with Crippen LogP contribution in [0.5, 0.6) is 11.6 Å². The topological polar surface area (TPSA) is 172 Å². The molecule has 0 bridgehead atoms. The first-order valence-electron chi connectivity index (χ1n) is 6.03. The maximum atomic E-state index is 10.4. The molecule has 0 unspecified atom stereocenters. The smallest absolute Gasteiger partial charge is 0.324 e. The number of benzene rings is 1. The summed E-state index contributed by atoms with van der Waals surface area (Å²) < 4.78 is 4.80. The highest BCUT2D eigenvalue weighted by molar-refractivity contribution is 5.64. The quantitative estimate of drug-likeness (QED) is 0.647. The molecule has 0 radical (unpaired) electrons. The molecule has 2 rings (SSSR count). The van der Waals surface area contributed by atoms with Gasteiger partial charge in [-0.25, -0.2) is 4.98 Å². The van der Waals surface area contributed by atoms with E-state index < -0.39 is 37.6 Å². The number of hydrogen-bond donors (Lipinski definition) is 1. The molecule has 1 aromatic heterocycles. The van der Waals surface area contributed by atoms with Gasteiger partial charge in [0.1, 0.15) is 0 Å². The molecule has 0 atom stereocenters. The van der Waals surface area contributed by atoms with Crippen LogP contribution in [0, 0.1) is 30.3 Å². The monoisotopic (exact) mass is 338 g/mol. The van der Waals surface area contributed by atoms with E-state index in [1.165, 1.54) is 0 Å². The molecule has 1 aromatic carbocycles. The van der Waals surface area contributed by atoms with E-state index in [0.29, 0.717) is 18.0 Å². The van der Waals surface area contributed by atoms with E-state index in [4.69, 9.17) is 9.84 Å². The van der Waals surface area contributed by atoms with Crippen molar-refractivity contribution in [3.63, 3.8) is 0 Å². The lowest BCUT2D eigenvalue weighted by Gasteiger charge is -1.97. The lowest BCUT2D eigenvalue weighted by molar-refractivity contribution is -0.404. The van der Waals surface area contributed by atoms with Crippen molar-refractivity contribution in [2.24, 2.45) is 0 Å². The highest BCUT2D eigenvalue weighted by Gasteiger charge is 2.30. The number of non-ortho nitro benzene ring substituents is 1. The fraction of sp³-hybridized carbons (Fsp3) is 0.0833. The van der Waals surface area contributed by atoms with Crippen molar-refractivity contribution in [2.45, 2.75) is 0 Å². The Morgan fingerprint density at radius 1 is 1.00 bits per heavy atom. The van der Waals surface area contributed by atoms with E-state index in [9.17, 15) is 30.3 Å². The number of phenols is 1. The van der Waals surface area contributed by atoms with Crippen LogP contribution in [0.15, 0.2) is 36.5 Å². The number of pyridine rings is 1. The molecular weight excluding hydrogens is 328 g/mol. The highest BCUT2D eigenvalue weighted by atomic mass is 16.6. The summed E-state index contributed by atoms with van der Waals surface area (Å²) in [7, 11) is 1.60. The SMILES string of the molecule is COc1ccccn1.O=[N+]([O-])c1cc([N+](=O)[O-])c(O)c([N+](=O)[O-])c1. The molecule has 24 heavy (non-hydrogen) atoms. The van der Waals surface area contributed by atoms with Crippen LogP contribution in [0.25, 0.3) is 0 Å². The second kappa shape index (κ2) is 7.98. The minimum Gasteiger partial charge on any atom is -0.497 e.